The van der Waals surface area contributed by atoms with E-state index in [9.17, 15) is 9.59 Å². The summed E-state index contributed by atoms with van der Waals surface area (Å²) in [6.45, 7) is 5.97. The molecule has 0 spiro atoms. The molecule has 130 valence electrons. The number of aryl methyl sites for hydroxylation is 3. The Kier molecular flexibility index (Phi) is 4.62. The molecule has 0 heterocycles. The number of anilines is 1. The predicted molar refractivity (Wildman–Crippen MR) is 99.6 cm³/mol. The van der Waals surface area contributed by atoms with Crippen LogP contribution in [0.25, 0.3) is 0 Å². The zero-order valence-electron chi connectivity index (χ0n) is 15.0. The van der Waals surface area contributed by atoms with Gasteiger partial charge in [-0.3, -0.25) is 9.59 Å². The minimum absolute atomic E-state index is 0.0137. The molecule has 4 nitrogen and oxygen atoms in total. The fraction of sp³-hybridized carbons (Fsp3) is 0.333. The third-order valence-corrected chi connectivity index (χ3v) is 4.86. The molecule has 0 saturated heterocycles. The first kappa shape index (κ1) is 17.2. The molecule has 0 aliphatic heterocycles. The van der Waals surface area contributed by atoms with Gasteiger partial charge in [0, 0.05) is 5.69 Å². The average Bonchev–Trinajstić information content (AvgIpc) is 3.38. The number of amides is 2. The van der Waals surface area contributed by atoms with E-state index in [1.807, 2.05) is 63.2 Å². The van der Waals surface area contributed by atoms with Crippen molar-refractivity contribution in [2.75, 3.05) is 11.9 Å². The van der Waals surface area contributed by atoms with Crippen LogP contribution in [0.15, 0.2) is 42.5 Å². The van der Waals surface area contributed by atoms with Crippen LogP contribution in [0.1, 0.15) is 35.1 Å². The Hall–Kier alpha value is -2.62. The van der Waals surface area contributed by atoms with E-state index in [0.717, 1.165) is 35.2 Å². The molecular formula is C21H24N2O2. The maximum absolute atomic E-state index is 12.6. The van der Waals surface area contributed by atoms with Gasteiger partial charge in [0.15, 0.2) is 0 Å². The van der Waals surface area contributed by atoms with Crippen molar-refractivity contribution in [3.63, 3.8) is 0 Å². The molecule has 1 aliphatic rings. The summed E-state index contributed by atoms with van der Waals surface area (Å²) in [5.41, 5.74) is 4.63. The van der Waals surface area contributed by atoms with Crippen LogP contribution < -0.4 is 10.6 Å². The minimum Gasteiger partial charge on any atom is -0.346 e. The molecule has 25 heavy (non-hydrogen) atoms. The lowest BCUT2D eigenvalue weighted by Crippen LogP contribution is -2.39. The standard InChI is InChI=1S/C21H24N2O2/c1-14-11-15(2)19(16(3)12-14)23-18(24)13-22-20(25)21(9-10-21)17-7-5-4-6-8-17/h4-8,11-12H,9-10,13H2,1-3H3,(H,22,25)(H,23,24). The number of nitrogens with one attached hydrogen (secondary N) is 2. The molecule has 3 rings (SSSR count). The highest BCUT2D eigenvalue weighted by molar-refractivity contribution is 5.98. The van der Waals surface area contributed by atoms with Gasteiger partial charge in [-0.15, -0.1) is 0 Å². The average molecular weight is 336 g/mol. The van der Waals surface area contributed by atoms with Crippen molar-refractivity contribution in [2.24, 2.45) is 0 Å². The van der Waals surface area contributed by atoms with E-state index in [0.29, 0.717) is 0 Å². The summed E-state index contributed by atoms with van der Waals surface area (Å²) in [5.74, 6) is -0.265. The summed E-state index contributed by atoms with van der Waals surface area (Å²) in [6, 6.07) is 13.9. The van der Waals surface area contributed by atoms with Gasteiger partial charge >= 0.3 is 0 Å². The maximum atomic E-state index is 12.6. The summed E-state index contributed by atoms with van der Waals surface area (Å²) >= 11 is 0. The van der Waals surface area contributed by atoms with Gasteiger partial charge in [-0.1, -0.05) is 48.0 Å². The van der Waals surface area contributed by atoms with Crippen molar-refractivity contribution in [3.8, 4) is 0 Å². The van der Waals surface area contributed by atoms with Gasteiger partial charge in [-0.2, -0.15) is 0 Å². The zero-order chi connectivity index (χ0) is 18.0. The number of carbonyl (C=O) groups is 2. The quantitative estimate of drug-likeness (QED) is 0.879. The van der Waals surface area contributed by atoms with Gasteiger partial charge in [0.1, 0.15) is 0 Å². The lowest BCUT2D eigenvalue weighted by Gasteiger charge is -2.16. The van der Waals surface area contributed by atoms with E-state index in [4.69, 9.17) is 0 Å². The van der Waals surface area contributed by atoms with Crippen LogP contribution in [0.3, 0.4) is 0 Å². The summed E-state index contributed by atoms with van der Waals surface area (Å²) < 4.78 is 0. The first-order valence-corrected chi connectivity index (χ1v) is 8.64. The molecule has 4 heteroatoms. The molecule has 1 saturated carbocycles. The first-order valence-electron chi connectivity index (χ1n) is 8.64. The van der Waals surface area contributed by atoms with E-state index in [2.05, 4.69) is 10.6 Å². The van der Waals surface area contributed by atoms with E-state index < -0.39 is 5.41 Å². The summed E-state index contributed by atoms with van der Waals surface area (Å²) in [5, 5.41) is 5.72. The Morgan fingerprint density at radius 2 is 1.60 bits per heavy atom. The number of rotatable bonds is 5. The van der Waals surface area contributed by atoms with E-state index in [1.54, 1.807) is 0 Å². The van der Waals surface area contributed by atoms with Gasteiger partial charge < -0.3 is 10.6 Å². The van der Waals surface area contributed by atoms with Gasteiger partial charge in [0.25, 0.3) is 0 Å². The second-order valence-electron chi connectivity index (χ2n) is 6.95. The molecule has 0 unspecified atom stereocenters. The molecule has 2 amide bonds. The Morgan fingerprint density at radius 1 is 1.00 bits per heavy atom. The van der Waals surface area contributed by atoms with Crippen LogP contribution in [0.5, 0.6) is 0 Å². The third kappa shape index (κ3) is 3.58. The van der Waals surface area contributed by atoms with Crippen molar-refractivity contribution in [2.45, 2.75) is 39.0 Å². The molecule has 0 aromatic heterocycles. The van der Waals surface area contributed by atoms with Crippen LogP contribution in [0.2, 0.25) is 0 Å². The normalized spacial score (nSPS) is 14.7. The Balaban J connectivity index is 1.61. The minimum atomic E-state index is -0.447. The molecule has 0 atom stereocenters. The topological polar surface area (TPSA) is 58.2 Å². The van der Waals surface area contributed by atoms with Gasteiger partial charge in [-0.25, -0.2) is 0 Å². The monoisotopic (exact) mass is 336 g/mol. The van der Waals surface area contributed by atoms with Crippen LogP contribution in [0.4, 0.5) is 5.69 Å². The Bertz CT molecular complexity index is 785. The van der Waals surface area contributed by atoms with E-state index >= 15 is 0 Å². The molecule has 2 aromatic rings. The molecule has 1 fully saturated rings. The lowest BCUT2D eigenvalue weighted by atomic mass is 9.95. The van der Waals surface area contributed by atoms with Crippen LogP contribution in [-0.2, 0) is 15.0 Å². The number of benzene rings is 2. The van der Waals surface area contributed by atoms with Gasteiger partial charge in [-0.05, 0) is 50.3 Å². The van der Waals surface area contributed by atoms with E-state index in [-0.39, 0.29) is 18.4 Å². The SMILES string of the molecule is Cc1cc(C)c(NC(=O)CNC(=O)C2(c3ccccc3)CC2)c(C)c1. The highest BCUT2D eigenvalue weighted by atomic mass is 16.2. The number of carbonyl (C=O) groups excluding carboxylic acids is 2. The van der Waals surface area contributed by atoms with Crippen molar-refractivity contribution in [1.29, 1.82) is 0 Å². The fourth-order valence-electron chi connectivity index (χ4n) is 3.42. The van der Waals surface area contributed by atoms with Crippen molar-refractivity contribution in [1.82, 2.24) is 5.32 Å². The first-order chi connectivity index (χ1) is 11.9. The summed E-state index contributed by atoms with van der Waals surface area (Å²) in [7, 11) is 0. The fourth-order valence-corrected chi connectivity index (χ4v) is 3.42. The molecule has 0 radical (unpaired) electrons. The predicted octanol–water partition coefficient (Wildman–Crippen LogP) is 3.40. The van der Waals surface area contributed by atoms with Gasteiger partial charge in [0.2, 0.25) is 11.8 Å². The summed E-state index contributed by atoms with van der Waals surface area (Å²) in [4.78, 5) is 24.8. The smallest absolute Gasteiger partial charge is 0.243 e. The highest BCUT2D eigenvalue weighted by Crippen LogP contribution is 2.48. The second-order valence-corrected chi connectivity index (χ2v) is 6.95. The Labute approximate surface area is 148 Å². The number of hydrogen-bond donors (Lipinski definition) is 2. The second kappa shape index (κ2) is 6.71. The molecule has 0 bridgehead atoms. The van der Waals surface area contributed by atoms with Crippen LogP contribution in [0, 0.1) is 20.8 Å². The zero-order valence-corrected chi connectivity index (χ0v) is 15.0. The van der Waals surface area contributed by atoms with Crippen molar-refractivity contribution < 1.29 is 9.59 Å². The Morgan fingerprint density at radius 3 is 2.16 bits per heavy atom. The van der Waals surface area contributed by atoms with Gasteiger partial charge in [0.05, 0.1) is 12.0 Å². The molecule has 1 aliphatic carbocycles. The largest absolute Gasteiger partial charge is 0.346 e. The molecular weight excluding hydrogens is 312 g/mol. The highest BCUT2D eigenvalue weighted by Gasteiger charge is 2.51. The van der Waals surface area contributed by atoms with Crippen molar-refractivity contribution >= 4 is 17.5 Å². The third-order valence-electron chi connectivity index (χ3n) is 4.86. The summed E-state index contributed by atoms with van der Waals surface area (Å²) in [6.07, 6.45) is 1.67. The van der Waals surface area contributed by atoms with Crippen LogP contribution >= 0.6 is 0 Å². The number of hydrogen-bond acceptors (Lipinski definition) is 2. The maximum Gasteiger partial charge on any atom is 0.243 e. The lowest BCUT2D eigenvalue weighted by molar-refractivity contribution is -0.126. The van der Waals surface area contributed by atoms with Crippen molar-refractivity contribution in [3.05, 3.63) is 64.7 Å². The van der Waals surface area contributed by atoms with Crippen LogP contribution in [-0.4, -0.2) is 18.4 Å². The molecule has 2 N–H and O–H groups in total. The van der Waals surface area contributed by atoms with E-state index in [1.165, 1.54) is 5.56 Å². The molecule has 2 aromatic carbocycles.